The van der Waals surface area contributed by atoms with Crippen molar-refractivity contribution >= 4 is 23.1 Å². The molecular weight excluding hydrogens is 256 g/mol. The number of rotatable bonds is 3. The Hall–Kier alpha value is -2.89. The van der Waals surface area contributed by atoms with Crippen LogP contribution >= 0.6 is 0 Å². The number of aromatic amines is 2. The van der Waals surface area contributed by atoms with Gasteiger partial charge >= 0.3 is 0 Å². The molecule has 0 radical (unpaired) electrons. The van der Waals surface area contributed by atoms with E-state index in [0.29, 0.717) is 29.3 Å². The number of anilines is 1. The number of hydrogen-bond acceptors (Lipinski definition) is 3. The number of nitrogens with one attached hydrogen (secondary N) is 3. The second-order valence-electron chi connectivity index (χ2n) is 4.41. The summed E-state index contributed by atoms with van der Waals surface area (Å²) in [5.74, 6) is 0.310. The Kier molecular flexibility index (Phi) is 2.83. The van der Waals surface area contributed by atoms with E-state index in [1.54, 1.807) is 6.92 Å². The van der Waals surface area contributed by atoms with Crippen LogP contribution in [0.1, 0.15) is 5.69 Å². The number of nitrogens with zero attached hydrogens (tertiary/aromatic N) is 1. The number of aromatic nitrogens is 3. The lowest BCUT2D eigenvalue weighted by molar-refractivity contribution is -0.105. The first-order chi connectivity index (χ1) is 9.69. The zero-order chi connectivity index (χ0) is 14.1. The van der Waals surface area contributed by atoms with Gasteiger partial charge in [0.25, 0.3) is 5.56 Å². The fourth-order valence-corrected chi connectivity index (χ4v) is 2.12. The Morgan fingerprint density at radius 2 is 2.05 bits per heavy atom. The molecule has 2 aromatic heterocycles. The maximum absolute atomic E-state index is 12.1. The summed E-state index contributed by atoms with van der Waals surface area (Å²) in [6.45, 7) is 1.72. The molecule has 0 spiro atoms. The normalized spacial score (nSPS) is 10.7. The molecule has 3 aromatic rings. The van der Waals surface area contributed by atoms with E-state index in [2.05, 4.69) is 20.3 Å². The van der Waals surface area contributed by atoms with Gasteiger partial charge in [-0.1, -0.05) is 18.2 Å². The van der Waals surface area contributed by atoms with Gasteiger partial charge < -0.3 is 15.3 Å². The molecule has 1 amide bonds. The second-order valence-corrected chi connectivity index (χ2v) is 4.41. The fourth-order valence-electron chi connectivity index (χ4n) is 2.12. The first kappa shape index (κ1) is 12.2. The predicted octanol–water partition coefficient (Wildman–Crippen LogP) is 1.79. The molecule has 0 bridgehead atoms. The lowest BCUT2D eigenvalue weighted by atomic mass is 10.2. The number of fused-ring (bicyclic) bond motifs is 1. The zero-order valence-corrected chi connectivity index (χ0v) is 10.7. The molecule has 2 heterocycles. The summed E-state index contributed by atoms with van der Waals surface area (Å²) in [5.41, 5.74) is 2.08. The summed E-state index contributed by atoms with van der Waals surface area (Å²) < 4.78 is 0. The quantitative estimate of drug-likeness (QED) is 0.632. The van der Waals surface area contributed by atoms with Crippen LogP contribution in [0.15, 0.2) is 35.1 Å². The van der Waals surface area contributed by atoms with E-state index < -0.39 is 0 Å². The van der Waals surface area contributed by atoms with Gasteiger partial charge in [-0.2, -0.15) is 0 Å². The third kappa shape index (κ3) is 1.97. The Labute approximate surface area is 113 Å². The van der Waals surface area contributed by atoms with Gasteiger partial charge in [-0.05, 0) is 19.1 Å². The molecule has 3 rings (SSSR count). The number of aryl methyl sites for hydroxylation is 1. The van der Waals surface area contributed by atoms with Gasteiger partial charge in [-0.3, -0.25) is 9.59 Å². The van der Waals surface area contributed by atoms with E-state index in [9.17, 15) is 9.59 Å². The molecule has 3 N–H and O–H groups in total. The fraction of sp³-hybridized carbons (Fsp3) is 0.0714. The summed E-state index contributed by atoms with van der Waals surface area (Å²) in [6, 6.07) is 9.61. The Bertz CT molecular complexity index is 815. The van der Waals surface area contributed by atoms with Crippen molar-refractivity contribution in [3.63, 3.8) is 0 Å². The van der Waals surface area contributed by atoms with E-state index in [4.69, 9.17) is 0 Å². The van der Waals surface area contributed by atoms with E-state index >= 15 is 0 Å². The Morgan fingerprint density at radius 3 is 2.80 bits per heavy atom. The standard InChI is InChI=1S/C14H12N4O2/c1-8-13(15-7-19)18-14(20)12(16-8)11-6-9-4-2-3-5-10(9)17-11/h2-7,17H,1H3,(H2,15,18,19,20). The van der Waals surface area contributed by atoms with Crippen LogP contribution in [-0.4, -0.2) is 21.4 Å². The highest BCUT2D eigenvalue weighted by Gasteiger charge is 2.11. The third-order valence-electron chi connectivity index (χ3n) is 3.08. The SMILES string of the molecule is Cc1nc(-c2cc3ccccc3[nH]2)c(=O)[nH]c1NC=O. The summed E-state index contributed by atoms with van der Waals surface area (Å²) in [7, 11) is 0. The number of carbonyl (C=O) groups is 1. The summed E-state index contributed by atoms with van der Waals surface area (Å²) in [4.78, 5) is 32.5. The van der Waals surface area contributed by atoms with Crippen LogP contribution in [0.4, 0.5) is 5.82 Å². The van der Waals surface area contributed by atoms with Gasteiger partial charge in [0.05, 0.1) is 11.4 Å². The van der Waals surface area contributed by atoms with Gasteiger partial charge in [-0.15, -0.1) is 0 Å². The van der Waals surface area contributed by atoms with Crippen molar-refractivity contribution in [1.82, 2.24) is 15.0 Å². The van der Waals surface area contributed by atoms with Crippen molar-refractivity contribution in [3.8, 4) is 11.4 Å². The van der Waals surface area contributed by atoms with Gasteiger partial charge in [-0.25, -0.2) is 4.98 Å². The van der Waals surface area contributed by atoms with Crippen molar-refractivity contribution in [1.29, 1.82) is 0 Å². The summed E-state index contributed by atoms with van der Waals surface area (Å²) >= 11 is 0. The van der Waals surface area contributed by atoms with Gasteiger partial charge in [0, 0.05) is 10.9 Å². The van der Waals surface area contributed by atoms with Crippen LogP contribution in [0, 0.1) is 6.92 Å². The van der Waals surface area contributed by atoms with Crippen LogP contribution in [0.2, 0.25) is 0 Å². The van der Waals surface area contributed by atoms with Gasteiger partial charge in [0.1, 0.15) is 5.82 Å². The molecule has 0 aliphatic rings. The molecule has 1 aromatic carbocycles. The maximum Gasteiger partial charge on any atom is 0.277 e. The van der Waals surface area contributed by atoms with Crippen molar-refractivity contribution in [2.24, 2.45) is 0 Å². The highest BCUT2D eigenvalue weighted by atomic mass is 16.1. The molecule has 0 saturated carbocycles. The highest BCUT2D eigenvalue weighted by Crippen LogP contribution is 2.21. The third-order valence-corrected chi connectivity index (χ3v) is 3.08. The topological polar surface area (TPSA) is 90.6 Å². The molecule has 0 aliphatic carbocycles. The summed E-state index contributed by atoms with van der Waals surface area (Å²) in [5, 5.41) is 3.42. The van der Waals surface area contributed by atoms with E-state index in [-0.39, 0.29) is 5.56 Å². The Morgan fingerprint density at radius 1 is 1.25 bits per heavy atom. The molecule has 0 fully saturated rings. The molecule has 6 nitrogen and oxygen atoms in total. The number of carbonyl (C=O) groups excluding carboxylic acids is 1. The molecular formula is C14H12N4O2. The first-order valence-corrected chi connectivity index (χ1v) is 6.08. The van der Waals surface area contributed by atoms with Crippen LogP contribution in [0.25, 0.3) is 22.3 Å². The summed E-state index contributed by atoms with van der Waals surface area (Å²) in [6.07, 6.45) is 0.503. The lowest BCUT2D eigenvalue weighted by Crippen LogP contribution is -2.16. The van der Waals surface area contributed by atoms with Crippen LogP contribution in [0.3, 0.4) is 0 Å². The number of amides is 1. The zero-order valence-electron chi connectivity index (χ0n) is 10.7. The lowest BCUT2D eigenvalue weighted by Gasteiger charge is -2.04. The van der Waals surface area contributed by atoms with Crippen LogP contribution in [0.5, 0.6) is 0 Å². The smallest absolute Gasteiger partial charge is 0.277 e. The maximum atomic E-state index is 12.1. The van der Waals surface area contributed by atoms with Crippen LogP contribution in [-0.2, 0) is 4.79 Å². The number of hydrogen-bond donors (Lipinski definition) is 3. The first-order valence-electron chi connectivity index (χ1n) is 6.08. The van der Waals surface area contributed by atoms with Gasteiger partial charge in [0.2, 0.25) is 6.41 Å². The average Bonchev–Trinajstić information content (AvgIpc) is 2.86. The monoisotopic (exact) mass is 268 g/mol. The minimum absolute atomic E-state index is 0.301. The van der Waals surface area contributed by atoms with Crippen molar-refractivity contribution in [3.05, 3.63) is 46.4 Å². The molecule has 0 unspecified atom stereocenters. The molecule has 0 saturated heterocycles. The highest BCUT2D eigenvalue weighted by molar-refractivity contribution is 5.85. The van der Waals surface area contributed by atoms with E-state index in [1.807, 2.05) is 30.3 Å². The molecule has 20 heavy (non-hydrogen) atoms. The van der Waals surface area contributed by atoms with Crippen molar-refractivity contribution in [2.45, 2.75) is 6.92 Å². The molecule has 0 aliphatic heterocycles. The largest absolute Gasteiger partial charge is 0.353 e. The second kappa shape index (κ2) is 4.65. The molecule has 6 heteroatoms. The number of benzene rings is 1. The van der Waals surface area contributed by atoms with Crippen molar-refractivity contribution < 1.29 is 4.79 Å². The Balaban J connectivity index is 2.16. The van der Waals surface area contributed by atoms with E-state index in [0.717, 1.165) is 10.9 Å². The molecule has 0 atom stereocenters. The van der Waals surface area contributed by atoms with Crippen LogP contribution < -0.4 is 10.9 Å². The predicted molar refractivity (Wildman–Crippen MR) is 76.6 cm³/mol. The minimum atomic E-state index is -0.355. The van der Waals surface area contributed by atoms with Crippen molar-refractivity contribution in [2.75, 3.05) is 5.32 Å². The van der Waals surface area contributed by atoms with Gasteiger partial charge in [0.15, 0.2) is 5.69 Å². The number of para-hydroxylation sites is 1. The molecule has 100 valence electrons. The average molecular weight is 268 g/mol. The number of H-pyrrole nitrogens is 2. The van der Waals surface area contributed by atoms with E-state index in [1.165, 1.54) is 0 Å². The minimum Gasteiger partial charge on any atom is -0.353 e.